The van der Waals surface area contributed by atoms with Gasteiger partial charge in [-0.05, 0) is 12.0 Å². The molecule has 6 nitrogen and oxygen atoms in total. The third kappa shape index (κ3) is 2.28. The van der Waals surface area contributed by atoms with Crippen molar-refractivity contribution in [3.8, 4) is 0 Å². The van der Waals surface area contributed by atoms with Gasteiger partial charge in [-0.25, -0.2) is 18.4 Å². The van der Waals surface area contributed by atoms with Gasteiger partial charge in [0.2, 0.25) is 15.0 Å². The molecule has 0 amide bonds. The van der Waals surface area contributed by atoms with E-state index in [2.05, 4.69) is 14.7 Å². The first-order valence-corrected chi connectivity index (χ1v) is 6.93. The zero-order valence-corrected chi connectivity index (χ0v) is 10.3. The molecule has 1 aliphatic rings. The molecule has 7 heteroatoms. The van der Waals surface area contributed by atoms with Crippen molar-refractivity contribution < 1.29 is 17.9 Å². The minimum Gasteiger partial charge on any atom is -0.469 e. The first-order chi connectivity index (χ1) is 7.91. The number of carbonyl (C=O) groups is 1. The van der Waals surface area contributed by atoms with Crippen LogP contribution in [0.15, 0.2) is 11.4 Å². The number of methoxy groups -OCH3 is 1. The molecule has 0 bridgehead atoms. The summed E-state index contributed by atoms with van der Waals surface area (Å²) in [4.78, 5) is 19.2. The lowest BCUT2D eigenvalue weighted by Crippen LogP contribution is -2.16. The average molecular weight is 256 g/mol. The lowest BCUT2D eigenvalue weighted by molar-refractivity contribution is -0.145. The second-order valence-corrected chi connectivity index (χ2v) is 5.93. The highest BCUT2D eigenvalue weighted by molar-refractivity contribution is 7.90. The van der Waals surface area contributed by atoms with E-state index in [0.29, 0.717) is 18.5 Å². The molecule has 0 saturated carbocycles. The average Bonchev–Trinajstić information content (AvgIpc) is 2.69. The SMILES string of the molecule is COC(=O)C1Cc2cnc(S(C)(=O)=O)nc2C1. The van der Waals surface area contributed by atoms with E-state index in [0.717, 1.165) is 11.8 Å². The van der Waals surface area contributed by atoms with Crippen LogP contribution in [-0.2, 0) is 32.2 Å². The van der Waals surface area contributed by atoms with Crippen molar-refractivity contribution in [2.24, 2.45) is 5.92 Å². The van der Waals surface area contributed by atoms with Crippen LogP contribution in [0.3, 0.4) is 0 Å². The molecule has 1 heterocycles. The fourth-order valence-corrected chi connectivity index (χ4v) is 2.37. The number of esters is 1. The molecule has 1 aliphatic carbocycles. The quantitative estimate of drug-likeness (QED) is 0.536. The van der Waals surface area contributed by atoms with Crippen LogP contribution >= 0.6 is 0 Å². The van der Waals surface area contributed by atoms with Crippen LogP contribution in [0, 0.1) is 5.92 Å². The molecular weight excluding hydrogens is 244 g/mol. The van der Waals surface area contributed by atoms with E-state index in [9.17, 15) is 13.2 Å². The lowest BCUT2D eigenvalue weighted by atomic mass is 10.1. The summed E-state index contributed by atoms with van der Waals surface area (Å²) in [6, 6.07) is 0. The number of fused-ring (bicyclic) bond motifs is 1. The molecule has 1 unspecified atom stereocenters. The summed E-state index contributed by atoms with van der Waals surface area (Å²) in [5, 5.41) is -0.193. The Morgan fingerprint density at radius 3 is 2.76 bits per heavy atom. The molecule has 1 atom stereocenters. The Balaban J connectivity index is 2.31. The Kier molecular flexibility index (Phi) is 2.86. The van der Waals surface area contributed by atoms with E-state index in [1.807, 2.05) is 0 Å². The number of hydrogen-bond acceptors (Lipinski definition) is 6. The summed E-state index contributed by atoms with van der Waals surface area (Å²) >= 11 is 0. The van der Waals surface area contributed by atoms with Crippen molar-refractivity contribution >= 4 is 15.8 Å². The van der Waals surface area contributed by atoms with Crippen molar-refractivity contribution in [2.45, 2.75) is 18.0 Å². The van der Waals surface area contributed by atoms with Crippen LogP contribution in [-0.4, -0.2) is 37.7 Å². The second kappa shape index (κ2) is 4.06. The summed E-state index contributed by atoms with van der Waals surface area (Å²) in [6.45, 7) is 0. The van der Waals surface area contributed by atoms with Crippen molar-refractivity contribution in [1.82, 2.24) is 9.97 Å². The van der Waals surface area contributed by atoms with Crippen molar-refractivity contribution in [1.29, 1.82) is 0 Å². The molecule has 1 aromatic heterocycles. The maximum atomic E-state index is 11.4. The number of ether oxygens (including phenoxy) is 1. The van der Waals surface area contributed by atoms with Gasteiger partial charge in [-0.15, -0.1) is 0 Å². The van der Waals surface area contributed by atoms with E-state index >= 15 is 0 Å². The van der Waals surface area contributed by atoms with Gasteiger partial charge in [-0.1, -0.05) is 0 Å². The van der Waals surface area contributed by atoms with Gasteiger partial charge in [0.15, 0.2) is 0 Å². The zero-order chi connectivity index (χ0) is 12.6. The smallest absolute Gasteiger partial charge is 0.309 e. The maximum absolute atomic E-state index is 11.4. The minimum atomic E-state index is -3.41. The number of rotatable bonds is 2. The molecule has 0 radical (unpaired) electrons. The Labute approximate surface area is 99.0 Å². The zero-order valence-electron chi connectivity index (χ0n) is 9.50. The van der Waals surface area contributed by atoms with E-state index in [1.54, 1.807) is 0 Å². The van der Waals surface area contributed by atoms with E-state index in [-0.39, 0.29) is 17.0 Å². The lowest BCUT2D eigenvalue weighted by Gasteiger charge is -2.03. The molecule has 0 spiro atoms. The molecule has 2 rings (SSSR count). The Morgan fingerprint density at radius 2 is 2.18 bits per heavy atom. The number of hydrogen-bond donors (Lipinski definition) is 0. The van der Waals surface area contributed by atoms with E-state index < -0.39 is 9.84 Å². The summed E-state index contributed by atoms with van der Waals surface area (Å²) in [5.74, 6) is -0.581. The van der Waals surface area contributed by atoms with Crippen LogP contribution in [0.1, 0.15) is 11.3 Å². The van der Waals surface area contributed by atoms with Crippen LogP contribution in [0.2, 0.25) is 0 Å². The molecule has 1 aromatic rings. The summed E-state index contributed by atoms with van der Waals surface area (Å²) in [7, 11) is -2.07. The maximum Gasteiger partial charge on any atom is 0.309 e. The Hall–Kier alpha value is -1.50. The van der Waals surface area contributed by atoms with Gasteiger partial charge in [0.05, 0.1) is 13.0 Å². The highest BCUT2D eigenvalue weighted by atomic mass is 32.2. The van der Waals surface area contributed by atoms with Gasteiger partial charge < -0.3 is 4.74 Å². The van der Waals surface area contributed by atoms with E-state index in [4.69, 9.17) is 0 Å². The van der Waals surface area contributed by atoms with Crippen LogP contribution in [0.25, 0.3) is 0 Å². The van der Waals surface area contributed by atoms with Crippen molar-refractivity contribution in [3.05, 3.63) is 17.5 Å². The van der Waals surface area contributed by atoms with E-state index in [1.165, 1.54) is 13.3 Å². The van der Waals surface area contributed by atoms with Gasteiger partial charge in [-0.2, -0.15) is 0 Å². The fraction of sp³-hybridized carbons (Fsp3) is 0.500. The van der Waals surface area contributed by atoms with Gasteiger partial charge >= 0.3 is 5.97 Å². The molecule has 0 saturated heterocycles. The molecule has 0 aromatic carbocycles. The number of nitrogens with zero attached hydrogens (tertiary/aromatic N) is 2. The van der Waals surface area contributed by atoms with Gasteiger partial charge in [0.1, 0.15) is 0 Å². The van der Waals surface area contributed by atoms with Gasteiger partial charge in [0.25, 0.3) is 0 Å². The summed E-state index contributed by atoms with van der Waals surface area (Å²) in [5.41, 5.74) is 1.43. The molecular formula is C10H12N2O4S. The van der Waals surface area contributed by atoms with Crippen LogP contribution < -0.4 is 0 Å². The molecule has 92 valence electrons. The van der Waals surface area contributed by atoms with Gasteiger partial charge in [0, 0.05) is 24.6 Å². The van der Waals surface area contributed by atoms with Crippen LogP contribution in [0.5, 0.6) is 0 Å². The van der Waals surface area contributed by atoms with Crippen LogP contribution in [0.4, 0.5) is 0 Å². The normalized spacial score (nSPS) is 18.8. The molecule has 17 heavy (non-hydrogen) atoms. The molecule has 0 fully saturated rings. The predicted octanol–water partition coefficient (Wildman–Crippen LogP) is -0.232. The summed E-state index contributed by atoms with van der Waals surface area (Å²) in [6.07, 6.45) is 3.45. The minimum absolute atomic E-state index is 0.193. The molecule has 0 N–H and O–H groups in total. The first-order valence-electron chi connectivity index (χ1n) is 5.04. The topological polar surface area (TPSA) is 86.2 Å². The Morgan fingerprint density at radius 1 is 1.47 bits per heavy atom. The number of sulfone groups is 1. The standard InChI is InChI=1S/C10H12N2O4S/c1-16-9(13)6-3-7-5-11-10(17(2,14)15)12-8(7)4-6/h5-6H,3-4H2,1-2H3. The highest BCUT2D eigenvalue weighted by Crippen LogP contribution is 2.26. The third-order valence-electron chi connectivity index (χ3n) is 2.70. The fourth-order valence-electron chi connectivity index (χ4n) is 1.85. The second-order valence-electron chi connectivity index (χ2n) is 4.03. The van der Waals surface area contributed by atoms with Gasteiger partial charge in [-0.3, -0.25) is 4.79 Å². The highest BCUT2D eigenvalue weighted by Gasteiger charge is 2.30. The molecule has 0 aliphatic heterocycles. The van der Waals surface area contributed by atoms with Crippen molar-refractivity contribution in [3.63, 3.8) is 0 Å². The number of carbonyl (C=O) groups excluding carboxylic acids is 1. The third-order valence-corrected chi connectivity index (χ3v) is 3.56. The van der Waals surface area contributed by atoms with Crippen molar-refractivity contribution in [2.75, 3.05) is 13.4 Å². The number of aromatic nitrogens is 2. The predicted molar refractivity (Wildman–Crippen MR) is 58.1 cm³/mol. The largest absolute Gasteiger partial charge is 0.469 e. The first kappa shape index (κ1) is 12.0. The monoisotopic (exact) mass is 256 g/mol. The Bertz CT molecular complexity index is 568. The summed E-state index contributed by atoms with van der Waals surface area (Å²) < 4.78 is 27.2.